The largest absolute Gasteiger partial charge is 0.507 e. The van der Waals surface area contributed by atoms with E-state index in [1.807, 2.05) is 0 Å². The third-order valence-electron chi connectivity index (χ3n) is 1.57. The van der Waals surface area contributed by atoms with E-state index >= 15 is 0 Å². The van der Waals surface area contributed by atoms with Gasteiger partial charge < -0.3 is 5.11 Å². The first-order chi connectivity index (χ1) is 11.6. The van der Waals surface area contributed by atoms with Crippen molar-refractivity contribution >= 4 is 0 Å². The van der Waals surface area contributed by atoms with E-state index < -0.39 is 56.1 Å². The summed E-state index contributed by atoms with van der Waals surface area (Å²) in [6, 6.07) is 2.47. The first-order valence-electron chi connectivity index (χ1n) is 10.5. The molecule has 0 aliphatic carbocycles. The van der Waals surface area contributed by atoms with E-state index in [9.17, 15) is 5.11 Å². The molecule has 0 aliphatic heterocycles. The molecule has 1 nitrogen and oxygen atoms in total. The molecule has 1 aromatic rings. The predicted molar refractivity (Wildman–Crippen MR) is 56.3 cm³/mol. The Bertz CT molecular complexity index is 608. The van der Waals surface area contributed by atoms with E-state index in [2.05, 4.69) is 0 Å². The summed E-state index contributed by atoms with van der Waals surface area (Å²) in [7, 11) is 0. The van der Waals surface area contributed by atoms with Crippen molar-refractivity contribution in [2.75, 3.05) is 0 Å². The van der Waals surface area contributed by atoms with Crippen molar-refractivity contribution in [3.63, 3.8) is 0 Å². The van der Waals surface area contributed by atoms with E-state index in [4.69, 9.17) is 19.2 Å². The first-order valence-corrected chi connectivity index (χ1v) is 3.47. The zero-order valence-electron chi connectivity index (χ0n) is 20.7. The Balaban J connectivity index is 3.98. The zero-order chi connectivity index (χ0) is 21.9. The Hall–Kier alpha value is -0.980. The molecule has 0 spiro atoms. The maximum absolute atomic E-state index is 10.5. The Labute approximate surface area is 100 Å². The van der Waals surface area contributed by atoms with Crippen LogP contribution in [-0.4, -0.2) is 5.11 Å². The molecule has 0 bridgehead atoms. The van der Waals surface area contributed by atoms with E-state index in [1.165, 1.54) is 0 Å². The van der Waals surface area contributed by atoms with Crippen molar-refractivity contribution in [1.82, 2.24) is 0 Å². The monoisotopic (exact) mass is 192 g/mol. The average Bonchev–Trinajstić information content (AvgIpc) is 2.41. The highest BCUT2D eigenvalue weighted by molar-refractivity contribution is 5.43. The molecule has 0 radical (unpaired) electrons. The van der Waals surface area contributed by atoms with E-state index in [1.54, 1.807) is 0 Å². The fraction of sp³-hybridized carbons (Fsp3) is 0.500. The number of benzene rings is 1. The van der Waals surface area contributed by atoms with Gasteiger partial charge in [0, 0.05) is 19.2 Å². The molecule has 0 saturated carbocycles. The summed E-state index contributed by atoms with van der Waals surface area (Å²) in [5, 5.41) is 10.5. The van der Waals surface area contributed by atoms with Crippen LogP contribution in [0, 0.1) is 0 Å². The molecule has 0 unspecified atom stereocenters. The minimum atomic E-state index is -3.49. The van der Waals surface area contributed by atoms with Crippen molar-refractivity contribution in [1.29, 1.82) is 0 Å². The zero-order valence-corrected chi connectivity index (χ0v) is 6.68. The number of hydrogen-bond acceptors (Lipinski definition) is 1. The smallest absolute Gasteiger partial charge is 0.122 e. The van der Waals surface area contributed by atoms with Gasteiger partial charge in [0.25, 0.3) is 0 Å². The third-order valence-corrected chi connectivity index (χ3v) is 1.57. The number of hydrogen-bond donors (Lipinski definition) is 1. The molecule has 0 heterocycles. The lowest BCUT2D eigenvalue weighted by atomic mass is 9.94. The fourth-order valence-electron chi connectivity index (χ4n) is 0.947. The van der Waals surface area contributed by atoms with Crippen LogP contribution < -0.4 is 0 Å². The summed E-state index contributed by atoms with van der Waals surface area (Å²) in [6.07, 6.45) is 0. The molecule has 0 aliphatic rings. The molecule has 1 rings (SSSR count). The second-order valence-electron chi connectivity index (χ2n) is 2.45. The highest BCUT2D eigenvalue weighted by Gasteiger charge is 2.11. The molecule has 72 valence electrons. The molecule has 1 aromatic carbocycles. The quantitative estimate of drug-likeness (QED) is 0.758. The molecular formula is C12H18O. The van der Waals surface area contributed by atoms with Gasteiger partial charge in [-0.3, -0.25) is 0 Å². The Kier molecular flexibility index (Phi) is 0.633. The molecule has 0 saturated heterocycles. The Morgan fingerprint density at radius 1 is 1.15 bits per heavy atom. The van der Waals surface area contributed by atoms with Gasteiger partial charge in [0.1, 0.15) is 5.75 Å². The predicted octanol–water partition coefficient (Wildman–Crippen LogP) is 3.64. The number of rotatable bonds is 2. The standard InChI is InChI=1S/C12H18O/c1-8(2)10-6-5-7-11(9(3)4)12(10)13/h5-9,13H,1-4H3/i1D3,2D3,3D3,4D3,8D,9D. The maximum atomic E-state index is 10.5. The molecule has 0 fully saturated rings. The van der Waals surface area contributed by atoms with Crippen molar-refractivity contribution in [3.05, 3.63) is 29.3 Å². The van der Waals surface area contributed by atoms with Crippen LogP contribution in [0.4, 0.5) is 0 Å². The van der Waals surface area contributed by atoms with Crippen molar-refractivity contribution in [2.45, 2.75) is 39.2 Å². The van der Waals surface area contributed by atoms with Crippen LogP contribution in [0.3, 0.4) is 0 Å². The number of para-hydroxylation sites is 1. The van der Waals surface area contributed by atoms with Crippen LogP contribution in [0.25, 0.3) is 0 Å². The van der Waals surface area contributed by atoms with Gasteiger partial charge in [0.05, 0.1) is 0 Å². The van der Waals surface area contributed by atoms with E-state index in [-0.39, 0.29) is 0 Å². The van der Waals surface area contributed by atoms with Crippen molar-refractivity contribution in [2.24, 2.45) is 0 Å². The van der Waals surface area contributed by atoms with Crippen LogP contribution in [0.5, 0.6) is 5.75 Å². The van der Waals surface area contributed by atoms with Crippen LogP contribution in [-0.2, 0) is 0 Å². The van der Waals surface area contributed by atoms with E-state index in [0.717, 1.165) is 18.2 Å². The second-order valence-corrected chi connectivity index (χ2v) is 2.45. The maximum Gasteiger partial charge on any atom is 0.122 e. The summed E-state index contributed by atoms with van der Waals surface area (Å²) in [5.74, 6) is -8.10. The molecule has 0 amide bonds. The molecular weight excluding hydrogens is 160 g/mol. The lowest BCUT2D eigenvalue weighted by Gasteiger charge is -2.14. The summed E-state index contributed by atoms with van der Waals surface area (Å²) < 4.78 is 106. The van der Waals surface area contributed by atoms with Gasteiger partial charge in [-0.15, -0.1) is 0 Å². The normalized spacial score (nSPS) is 32.6. The highest BCUT2D eigenvalue weighted by atomic mass is 16.3. The van der Waals surface area contributed by atoms with Crippen molar-refractivity contribution < 1.29 is 24.3 Å². The minimum absolute atomic E-state index is 0.782. The molecule has 0 aromatic heterocycles. The van der Waals surface area contributed by atoms with E-state index in [0.29, 0.717) is 0 Å². The number of phenols is 1. The van der Waals surface area contributed by atoms with Crippen LogP contribution in [0.15, 0.2) is 18.2 Å². The van der Waals surface area contributed by atoms with Gasteiger partial charge in [-0.2, -0.15) is 0 Å². The Morgan fingerprint density at radius 3 is 2.00 bits per heavy atom. The van der Waals surface area contributed by atoms with Crippen LogP contribution in [0.2, 0.25) is 0 Å². The summed E-state index contributed by atoms with van der Waals surface area (Å²) in [5.41, 5.74) is -2.02. The Morgan fingerprint density at radius 2 is 1.62 bits per heavy atom. The summed E-state index contributed by atoms with van der Waals surface area (Å²) in [6.45, 7) is -13.9. The highest BCUT2D eigenvalue weighted by Crippen LogP contribution is 2.32. The van der Waals surface area contributed by atoms with Crippen LogP contribution in [0.1, 0.15) is 69.5 Å². The van der Waals surface area contributed by atoms with Gasteiger partial charge in [-0.25, -0.2) is 0 Å². The minimum Gasteiger partial charge on any atom is -0.507 e. The summed E-state index contributed by atoms with van der Waals surface area (Å²) >= 11 is 0. The van der Waals surface area contributed by atoms with Gasteiger partial charge in [-0.1, -0.05) is 45.6 Å². The first kappa shape index (κ1) is 2.16. The third kappa shape index (κ3) is 2.03. The molecule has 13 heavy (non-hydrogen) atoms. The molecule has 1 heteroatoms. The lowest BCUT2D eigenvalue weighted by molar-refractivity contribution is 0.454. The SMILES string of the molecule is [2H]C([2H])([2H])C([2H])(c1cccc(C([2H])(C([2H])([2H])[2H])C([2H])([2H])[2H])c1O)C([2H])([2H])[2H]. The van der Waals surface area contributed by atoms with Gasteiger partial charge >= 0.3 is 0 Å². The van der Waals surface area contributed by atoms with Gasteiger partial charge in [-0.05, 0) is 22.9 Å². The second kappa shape index (κ2) is 3.82. The number of phenolic OH excluding ortho intramolecular Hbond substituents is 1. The molecule has 1 N–H and O–H groups in total. The van der Waals surface area contributed by atoms with Crippen LogP contribution >= 0.6 is 0 Å². The molecule has 0 atom stereocenters. The topological polar surface area (TPSA) is 20.2 Å². The number of aromatic hydroxyl groups is 1. The summed E-state index contributed by atoms with van der Waals surface area (Å²) in [4.78, 5) is 0. The van der Waals surface area contributed by atoms with Gasteiger partial charge in [0.15, 0.2) is 0 Å². The average molecular weight is 192 g/mol. The van der Waals surface area contributed by atoms with Crippen molar-refractivity contribution in [3.8, 4) is 5.75 Å². The van der Waals surface area contributed by atoms with Gasteiger partial charge in [0.2, 0.25) is 0 Å². The lowest BCUT2D eigenvalue weighted by Crippen LogP contribution is -1.94. The fourth-order valence-corrected chi connectivity index (χ4v) is 0.947.